The summed E-state index contributed by atoms with van der Waals surface area (Å²) in [5.41, 5.74) is 0.558. The lowest BCUT2D eigenvalue weighted by molar-refractivity contribution is 0.322. The van der Waals surface area contributed by atoms with E-state index in [1.807, 2.05) is 0 Å². The first-order valence-corrected chi connectivity index (χ1v) is 5.38. The number of benzene rings is 1. The van der Waals surface area contributed by atoms with Crippen LogP contribution < -0.4 is 4.74 Å². The van der Waals surface area contributed by atoms with Gasteiger partial charge in [0.05, 0.1) is 6.21 Å². The number of nitrogens with zero attached hydrogens (tertiary/aromatic N) is 1. The molecule has 0 heterocycles. The van der Waals surface area contributed by atoms with Gasteiger partial charge in [-0.2, -0.15) is 0 Å². The van der Waals surface area contributed by atoms with E-state index in [0.717, 1.165) is 0 Å². The Morgan fingerprint density at radius 1 is 1.44 bits per heavy atom. The Morgan fingerprint density at radius 2 is 2.19 bits per heavy atom. The van der Waals surface area contributed by atoms with E-state index >= 15 is 0 Å². The maximum absolute atomic E-state index is 8.41. The highest BCUT2D eigenvalue weighted by Crippen LogP contribution is 2.21. The van der Waals surface area contributed by atoms with Crippen molar-refractivity contribution >= 4 is 41.0 Å². The summed E-state index contributed by atoms with van der Waals surface area (Å²) < 4.78 is 5.46. The number of hydrogen-bond donors (Lipinski definition) is 1. The molecule has 0 radical (unpaired) electrons. The van der Waals surface area contributed by atoms with Crippen molar-refractivity contribution in [3.05, 3.63) is 39.4 Å². The Bertz CT molecular complexity index is 415. The zero-order chi connectivity index (χ0) is 12.0. The SMILES string of the molecule is O/N=C/c1cc(OCC=C(Cl)Cl)ccc1Cl. The van der Waals surface area contributed by atoms with E-state index in [-0.39, 0.29) is 11.1 Å². The number of hydrogen-bond acceptors (Lipinski definition) is 3. The van der Waals surface area contributed by atoms with Crippen LogP contribution in [0.5, 0.6) is 5.75 Å². The summed E-state index contributed by atoms with van der Waals surface area (Å²) in [6.45, 7) is 0.250. The van der Waals surface area contributed by atoms with Crippen LogP contribution in [0.3, 0.4) is 0 Å². The first-order valence-electron chi connectivity index (χ1n) is 4.24. The molecule has 1 aromatic carbocycles. The molecule has 6 heteroatoms. The molecule has 0 saturated carbocycles. The minimum atomic E-state index is 0.145. The second kappa shape index (κ2) is 6.63. The van der Waals surface area contributed by atoms with Gasteiger partial charge in [0, 0.05) is 10.6 Å². The molecule has 0 amide bonds. The van der Waals surface area contributed by atoms with Gasteiger partial charge in [0.25, 0.3) is 0 Å². The molecule has 0 atom stereocenters. The maximum Gasteiger partial charge on any atom is 0.120 e. The van der Waals surface area contributed by atoms with Crippen molar-refractivity contribution in [2.75, 3.05) is 6.61 Å². The molecule has 1 aromatic rings. The minimum Gasteiger partial charge on any atom is -0.489 e. The molecule has 1 N–H and O–H groups in total. The zero-order valence-electron chi connectivity index (χ0n) is 8.03. The van der Waals surface area contributed by atoms with Crippen LogP contribution in [0.1, 0.15) is 5.56 Å². The predicted molar refractivity (Wildman–Crippen MR) is 66.1 cm³/mol. The summed E-state index contributed by atoms with van der Waals surface area (Å²) in [4.78, 5) is 0. The Balaban J connectivity index is 2.75. The van der Waals surface area contributed by atoms with Crippen LogP contribution in [0.15, 0.2) is 33.9 Å². The van der Waals surface area contributed by atoms with Crippen LogP contribution in [0.25, 0.3) is 0 Å². The quantitative estimate of drug-likeness (QED) is 0.517. The molecule has 16 heavy (non-hydrogen) atoms. The summed E-state index contributed by atoms with van der Waals surface area (Å²) in [5.74, 6) is 0.574. The van der Waals surface area contributed by atoms with E-state index < -0.39 is 0 Å². The Morgan fingerprint density at radius 3 is 2.81 bits per heavy atom. The fourth-order valence-electron chi connectivity index (χ4n) is 0.974. The fraction of sp³-hybridized carbons (Fsp3) is 0.100. The average molecular weight is 281 g/mol. The molecule has 0 aliphatic rings. The molecular formula is C10H8Cl3NO2. The molecule has 86 valence electrons. The highest BCUT2D eigenvalue weighted by molar-refractivity contribution is 6.55. The molecule has 0 aliphatic carbocycles. The summed E-state index contributed by atoms with van der Waals surface area (Å²) in [5, 5.41) is 11.8. The van der Waals surface area contributed by atoms with E-state index in [1.54, 1.807) is 18.2 Å². The number of oxime groups is 1. The lowest BCUT2D eigenvalue weighted by atomic mass is 10.2. The third kappa shape index (κ3) is 4.31. The van der Waals surface area contributed by atoms with E-state index in [0.29, 0.717) is 16.3 Å². The van der Waals surface area contributed by atoms with Gasteiger partial charge in [-0.3, -0.25) is 0 Å². The average Bonchev–Trinajstić information content (AvgIpc) is 2.22. The second-order valence-electron chi connectivity index (χ2n) is 2.73. The van der Waals surface area contributed by atoms with Gasteiger partial charge in [0.1, 0.15) is 16.8 Å². The summed E-state index contributed by atoms with van der Waals surface area (Å²) in [6.07, 6.45) is 2.73. The monoisotopic (exact) mass is 279 g/mol. The highest BCUT2D eigenvalue weighted by Gasteiger charge is 2.00. The van der Waals surface area contributed by atoms with Crippen molar-refractivity contribution in [2.45, 2.75) is 0 Å². The van der Waals surface area contributed by atoms with E-state index in [2.05, 4.69) is 5.16 Å². The van der Waals surface area contributed by atoms with Gasteiger partial charge in [-0.25, -0.2) is 0 Å². The zero-order valence-corrected chi connectivity index (χ0v) is 10.3. The largest absolute Gasteiger partial charge is 0.489 e. The van der Waals surface area contributed by atoms with Crippen molar-refractivity contribution in [2.24, 2.45) is 5.16 Å². The van der Waals surface area contributed by atoms with Gasteiger partial charge < -0.3 is 9.94 Å². The molecule has 0 fully saturated rings. The molecule has 3 nitrogen and oxygen atoms in total. The van der Waals surface area contributed by atoms with Crippen LogP contribution in [0.4, 0.5) is 0 Å². The van der Waals surface area contributed by atoms with Crippen LogP contribution in [-0.2, 0) is 0 Å². The van der Waals surface area contributed by atoms with Gasteiger partial charge >= 0.3 is 0 Å². The van der Waals surface area contributed by atoms with Crippen molar-refractivity contribution in [3.63, 3.8) is 0 Å². The van der Waals surface area contributed by atoms with Gasteiger partial charge in [-0.15, -0.1) is 0 Å². The summed E-state index contributed by atoms with van der Waals surface area (Å²) in [7, 11) is 0. The van der Waals surface area contributed by atoms with Gasteiger partial charge in [-0.05, 0) is 24.3 Å². The maximum atomic E-state index is 8.41. The molecule has 0 bridgehead atoms. The number of rotatable bonds is 4. The number of halogens is 3. The van der Waals surface area contributed by atoms with Crippen molar-refractivity contribution < 1.29 is 9.94 Å². The first kappa shape index (κ1) is 13.2. The van der Waals surface area contributed by atoms with E-state index in [9.17, 15) is 0 Å². The Hall–Kier alpha value is -0.900. The standard InChI is InChI=1S/C10H8Cl3NO2/c11-9-2-1-8(5-7(9)6-14-15)16-4-3-10(12)13/h1-3,5-6,15H,4H2/b14-6+. The first-order chi connectivity index (χ1) is 7.63. The summed E-state index contributed by atoms with van der Waals surface area (Å²) in [6, 6.07) is 4.96. The second-order valence-corrected chi connectivity index (χ2v) is 4.15. The van der Waals surface area contributed by atoms with Crippen LogP contribution in [0.2, 0.25) is 5.02 Å². The lowest BCUT2D eigenvalue weighted by Gasteiger charge is -2.05. The Labute approximate surface area is 108 Å². The van der Waals surface area contributed by atoms with Crippen LogP contribution in [0, 0.1) is 0 Å². The van der Waals surface area contributed by atoms with Crippen LogP contribution in [-0.4, -0.2) is 18.0 Å². The van der Waals surface area contributed by atoms with Crippen molar-refractivity contribution in [1.29, 1.82) is 0 Å². The molecular weight excluding hydrogens is 272 g/mol. The normalized spacial score (nSPS) is 10.4. The van der Waals surface area contributed by atoms with E-state index in [4.69, 9.17) is 44.7 Å². The fourth-order valence-corrected chi connectivity index (χ4v) is 1.27. The molecule has 0 aliphatic heterocycles. The minimum absolute atomic E-state index is 0.145. The third-order valence-corrected chi connectivity index (χ3v) is 2.30. The van der Waals surface area contributed by atoms with Gasteiger partial charge in [0.15, 0.2) is 0 Å². The van der Waals surface area contributed by atoms with Gasteiger partial charge in [-0.1, -0.05) is 40.0 Å². The molecule has 0 unspecified atom stereocenters. The van der Waals surface area contributed by atoms with Crippen LogP contribution >= 0.6 is 34.8 Å². The van der Waals surface area contributed by atoms with Crippen molar-refractivity contribution in [3.8, 4) is 5.75 Å². The van der Waals surface area contributed by atoms with E-state index in [1.165, 1.54) is 12.3 Å². The third-order valence-electron chi connectivity index (χ3n) is 1.65. The molecule has 0 aromatic heterocycles. The topological polar surface area (TPSA) is 41.8 Å². The Kier molecular flexibility index (Phi) is 5.46. The predicted octanol–water partition coefficient (Wildman–Crippen LogP) is 3.85. The summed E-state index contributed by atoms with van der Waals surface area (Å²) >= 11 is 16.7. The molecule has 0 saturated heterocycles. The molecule has 1 rings (SSSR count). The number of ether oxygens (including phenoxy) is 1. The van der Waals surface area contributed by atoms with Gasteiger partial charge in [0.2, 0.25) is 0 Å². The highest BCUT2D eigenvalue weighted by atomic mass is 35.5. The van der Waals surface area contributed by atoms with Crippen molar-refractivity contribution in [1.82, 2.24) is 0 Å². The molecule has 0 spiro atoms. The lowest BCUT2D eigenvalue weighted by Crippen LogP contribution is -1.94. The smallest absolute Gasteiger partial charge is 0.120 e.